The molecule has 2 heterocycles. The Balaban J connectivity index is 1.41. The number of aromatic nitrogens is 3. The number of nitrogens with one attached hydrogen (secondary N) is 3. The smallest absolute Gasteiger partial charge is 0.254 e. The Morgan fingerprint density at radius 1 is 0.886 bits per heavy atom. The van der Waals surface area contributed by atoms with Gasteiger partial charge in [0.15, 0.2) is 0 Å². The van der Waals surface area contributed by atoms with E-state index < -0.39 is 10.0 Å². The lowest BCUT2D eigenvalue weighted by molar-refractivity contribution is 0.301. The number of hydrogen-bond donors (Lipinski definition) is 3. The highest BCUT2D eigenvalue weighted by Crippen LogP contribution is 2.30. The second-order valence-electron chi connectivity index (χ2n) is 7.19. The van der Waals surface area contributed by atoms with E-state index in [9.17, 15) is 8.42 Å². The van der Waals surface area contributed by atoms with Crippen LogP contribution in [0, 0.1) is 0 Å². The van der Waals surface area contributed by atoms with E-state index in [0.717, 1.165) is 11.1 Å². The lowest BCUT2D eigenvalue weighted by atomic mass is 10.3. The molecule has 4 aromatic rings. The van der Waals surface area contributed by atoms with Gasteiger partial charge in [0, 0.05) is 29.0 Å². The van der Waals surface area contributed by atoms with E-state index in [2.05, 4.69) is 36.9 Å². The van der Waals surface area contributed by atoms with Crippen molar-refractivity contribution >= 4 is 50.3 Å². The highest BCUT2D eigenvalue weighted by atomic mass is 35.5. The lowest BCUT2D eigenvalue weighted by Gasteiger charge is -2.12. The van der Waals surface area contributed by atoms with Crippen LogP contribution in [0.15, 0.2) is 91.2 Å². The number of halogens is 1. The van der Waals surface area contributed by atoms with Crippen molar-refractivity contribution in [2.24, 2.45) is 0 Å². The molecule has 0 saturated carbocycles. The van der Waals surface area contributed by atoms with Crippen LogP contribution < -0.4 is 20.1 Å². The number of ether oxygens (including phenoxy) is 1. The van der Waals surface area contributed by atoms with E-state index in [1.807, 2.05) is 24.3 Å². The molecular formula is C24H21ClN6O3S. The summed E-state index contributed by atoms with van der Waals surface area (Å²) >= 11 is 6.39. The summed E-state index contributed by atoms with van der Waals surface area (Å²) in [5.74, 6) is 1.58. The van der Waals surface area contributed by atoms with Gasteiger partial charge in [-0.15, -0.1) is 0 Å². The van der Waals surface area contributed by atoms with Crippen molar-refractivity contribution in [1.82, 2.24) is 15.0 Å². The SMILES string of the molecule is C=CS(=O)(=O)Nc1cccc(Nc2cc(Nc3ccc(OCc4ccccn4)c(Cl)c3)ncn2)c1. The van der Waals surface area contributed by atoms with Crippen LogP contribution in [0.5, 0.6) is 5.75 Å². The third kappa shape index (κ3) is 6.92. The molecule has 2 aromatic heterocycles. The van der Waals surface area contributed by atoms with Crippen molar-refractivity contribution < 1.29 is 13.2 Å². The van der Waals surface area contributed by atoms with Crippen molar-refractivity contribution in [3.8, 4) is 5.75 Å². The summed E-state index contributed by atoms with van der Waals surface area (Å²) in [5.41, 5.74) is 2.54. The molecule has 0 amide bonds. The maximum atomic E-state index is 11.7. The van der Waals surface area contributed by atoms with Crippen LogP contribution in [0.1, 0.15) is 5.69 Å². The molecular weight excluding hydrogens is 488 g/mol. The van der Waals surface area contributed by atoms with Crippen molar-refractivity contribution in [2.45, 2.75) is 6.61 Å². The van der Waals surface area contributed by atoms with Crippen LogP contribution in [0.25, 0.3) is 0 Å². The first-order chi connectivity index (χ1) is 16.9. The van der Waals surface area contributed by atoms with E-state index in [4.69, 9.17) is 16.3 Å². The normalized spacial score (nSPS) is 10.9. The van der Waals surface area contributed by atoms with Gasteiger partial charge in [-0.05, 0) is 48.5 Å². The van der Waals surface area contributed by atoms with Gasteiger partial charge < -0.3 is 15.4 Å². The molecule has 3 N–H and O–H groups in total. The average Bonchev–Trinajstić information content (AvgIpc) is 2.84. The quantitative estimate of drug-likeness (QED) is 0.258. The molecule has 0 unspecified atom stereocenters. The van der Waals surface area contributed by atoms with E-state index in [1.165, 1.54) is 6.33 Å². The molecule has 0 aliphatic rings. The summed E-state index contributed by atoms with van der Waals surface area (Å²) in [7, 11) is -3.60. The van der Waals surface area contributed by atoms with Crippen LogP contribution >= 0.6 is 11.6 Å². The molecule has 0 saturated heterocycles. The minimum atomic E-state index is -3.60. The minimum Gasteiger partial charge on any atom is -0.486 e. The highest BCUT2D eigenvalue weighted by molar-refractivity contribution is 7.95. The van der Waals surface area contributed by atoms with E-state index in [0.29, 0.717) is 46.1 Å². The second-order valence-corrected chi connectivity index (χ2v) is 9.22. The van der Waals surface area contributed by atoms with Crippen molar-refractivity contribution in [2.75, 3.05) is 15.4 Å². The third-order valence-electron chi connectivity index (χ3n) is 4.59. The Labute approximate surface area is 207 Å². The van der Waals surface area contributed by atoms with Crippen LogP contribution in [-0.4, -0.2) is 23.4 Å². The standard InChI is InChI=1S/C24H21ClN6O3S/c1-2-35(32,33)31-19-8-5-7-17(12-19)29-23-14-24(28-16-27-23)30-18-9-10-22(21(25)13-18)34-15-20-6-3-4-11-26-20/h2-14,16,31H,1,15H2,(H2,27,28,29,30). The molecule has 11 heteroatoms. The number of nitrogens with zero attached hydrogens (tertiary/aromatic N) is 3. The van der Waals surface area contributed by atoms with E-state index in [1.54, 1.807) is 48.7 Å². The van der Waals surface area contributed by atoms with E-state index in [-0.39, 0.29) is 0 Å². The Morgan fingerprint density at radius 2 is 1.63 bits per heavy atom. The Bertz CT molecular complexity index is 1430. The van der Waals surface area contributed by atoms with Gasteiger partial charge in [0.2, 0.25) is 0 Å². The van der Waals surface area contributed by atoms with Crippen LogP contribution in [0.2, 0.25) is 5.02 Å². The fourth-order valence-electron chi connectivity index (χ4n) is 2.99. The fourth-order valence-corrected chi connectivity index (χ4v) is 3.76. The van der Waals surface area contributed by atoms with Crippen LogP contribution in [0.3, 0.4) is 0 Å². The fraction of sp³-hybridized carbons (Fsp3) is 0.0417. The molecule has 0 spiro atoms. The number of benzene rings is 2. The summed E-state index contributed by atoms with van der Waals surface area (Å²) in [6.45, 7) is 3.60. The third-order valence-corrected chi connectivity index (χ3v) is 5.84. The molecule has 35 heavy (non-hydrogen) atoms. The molecule has 9 nitrogen and oxygen atoms in total. The number of sulfonamides is 1. The zero-order chi connectivity index (χ0) is 24.7. The van der Waals surface area contributed by atoms with Crippen molar-refractivity contribution in [3.05, 3.63) is 102 Å². The van der Waals surface area contributed by atoms with Gasteiger partial charge in [-0.2, -0.15) is 0 Å². The van der Waals surface area contributed by atoms with Gasteiger partial charge in [0.05, 0.1) is 16.4 Å². The molecule has 0 fully saturated rings. The second kappa shape index (κ2) is 10.9. The molecule has 4 rings (SSSR count). The zero-order valence-corrected chi connectivity index (χ0v) is 19.9. The predicted octanol–water partition coefficient (Wildman–Crippen LogP) is 5.48. The summed E-state index contributed by atoms with van der Waals surface area (Å²) in [4.78, 5) is 12.7. The van der Waals surface area contributed by atoms with Crippen LogP contribution in [0.4, 0.5) is 28.7 Å². The van der Waals surface area contributed by atoms with Gasteiger partial charge >= 0.3 is 0 Å². The summed E-state index contributed by atoms with van der Waals surface area (Å²) < 4.78 is 31.6. The molecule has 0 atom stereocenters. The summed E-state index contributed by atoms with van der Waals surface area (Å²) in [6.07, 6.45) is 3.11. The topological polar surface area (TPSA) is 118 Å². The van der Waals surface area contributed by atoms with Crippen molar-refractivity contribution in [3.63, 3.8) is 0 Å². The Hall–Kier alpha value is -4.15. The van der Waals surface area contributed by atoms with Gasteiger partial charge in [-0.3, -0.25) is 9.71 Å². The Kier molecular flexibility index (Phi) is 7.44. The van der Waals surface area contributed by atoms with Gasteiger partial charge in [0.25, 0.3) is 10.0 Å². The largest absolute Gasteiger partial charge is 0.486 e. The maximum absolute atomic E-state index is 11.7. The number of pyridine rings is 1. The average molecular weight is 509 g/mol. The number of hydrogen-bond acceptors (Lipinski definition) is 8. The van der Waals surface area contributed by atoms with Crippen molar-refractivity contribution in [1.29, 1.82) is 0 Å². The Morgan fingerprint density at radius 3 is 2.31 bits per heavy atom. The molecule has 0 aliphatic heterocycles. The first kappa shape index (κ1) is 24.0. The maximum Gasteiger partial charge on any atom is 0.254 e. The van der Waals surface area contributed by atoms with Crippen LogP contribution in [-0.2, 0) is 16.6 Å². The monoisotopic (exact) mass is 508 g/mol. The first-order valence-corrected chi connectivity index (χ1v) is 12.3. The first-order valence-electron chi connectivity index (χ1n) is 10.3. The molecule has 0 bridgehead atoms. The summed E-state index contributed by atoms with van der Waals surface area (Å²) in [5, 5.41) is 7.59. The lowest BCUT2D eigenvalue weighted by Crippen LogP contribution is -2.08. The highest BCUT2D eigenvalue weighted by Gasteiger charge is 2.08. The molecule has 178 valence electrons. The number of rotatable bonds is 10. The van der Waals surface area contributed by atoms with Gasteiger partial charge in [-0.25, -0.2) is 18.4 Å². The summed E-state index contributed by atoms with van der Waals surface area (Å²) in [6, 6.07) is 19.4. The zero-order valence-electron chi connectivity index (χ0n) is 18.3. The minimum absolute atomic E-state index is 0.310. The predicted molar refractivity (Wildman–Crippen MR) is 138 cm³/mol. The van der Waals surface area contributed by atoms with Gasteiger partial charge in [-0.1, -0.05) is 30.3 Å². The number of anilines is 5. The molecule has 0 radical (unpaired) electrons. The van der Waals surface area contributed by atoms with E-state index >= 15 is 0 Å². The molecule has 0 aliphatic carbocycles. The molecule has 2 aromatic carbocycles. The van der Waals surface area contributed by atoms with Gasteiger partial charge in [0.1, 0.15) is 30.3 Å².